The molecule has 2 aliphatic carbocycles. The number of rotatable bonds is 2. The lowest BCUT2D eigenvalue weighted by molar-refractivity contribution is -0.232. The number of aliphatic hydroxyl groups excluding tert-OH is 1. The molecule has 10 heteroatoms. The molecule has 10 nitrogen and oxygen atoms in total. The third kappa shape index (κ3) is 4.17. The van der Waals surface area contributed by atoms with E-state index in [2.05, 4.69) is 19.9 Å². The number of aliphatic hydroxyl groups is 1. The smallest absolute Gasteiger partial charge is 0.331 e. The van der Waals surface area contributed by atoms with Gasteiger partial charge in [0.2, 0.25) is 0 Å². The molecule has 4 bridgehead atoms. The molecule has 222 valence electrons. The van der Waals surface area contributed by atoms with Crippen LogP contribution in [-0.2, 0) is 42.8 Å². The topological polar surface area (TPSA) is 130 Å². The molecule has 4 aliphatic heterocycles. The van der Waals surface area contributed by atoms with E-state index in [-0.39, 0.29) is 31.8 Å². The van der Waals surface area contributed by atoms with Crippen LogP contribution in [0.15, 0.2) is 47.6 Å². The van der Waals surface area contributed by atoms with Gasteiger partial charge in [-0.25, -0.2) is 9.59 Å². The van der Waals surface area contributed by atoms with Crippen LogP contribution in [0.25, 0.3) is 0 Å². The fourth-order valence-corrected chi connectivity index (χ4v) is 8.00. The van der Waals surface area contributed by atoms with Gasteiger partial charge in [0.05, 0.1) is 30.8 Å². The highest BCUT2D eigenvalue weighted by atomic mass is 16.6. The molecule has 1 N–H and O–H groups in total. The van der Waals surface area contributed by atoms with Gasteiger partial charge in [0.15, 0.2) is 5.60 Å². The van der Waals surface area contributed by atoms with Gasteiger partial charge >= 0.3 is 17.9 Å². The molecule has 4 fully saturated rings. The maximum absolute atomic E-state index is 13.4. The van der Waals surface area contributed by atoms with Gasteiger partial charge in [0, 0.05) is 30.9 Å². The average Bonchev–Trinajstić information content (AvgIpc) is 3.69. The van der Waals surface area contributed by atoms with E-state index in [4.69, 9.17) is 28.4 Å². The number of carbonyl (C=O) groups excluding carboxylic acids is 3. The molecule has 6 rings (SSSR count). The zero-order chi connectivity index (χ0) is 29.2. The molecule has 2 spiro atoms. The standard InChI is InChI=1S/C31H38O10/c1-18-8-11-29-16-36-26(34)14-21-9-12-37-30(27(21)35,19(2)39-20(3)32)10-6-5-7-25(33)41-22-15-24(40-23(29)13-18)31(17-38-31)28(22,29)4/h5-7,10,13-14,19,22-24,27,35H,8-9,11-12,15-17H2,1-4H3/b7-5-,10-6+,21-14+/t19-,22+,23+,24+,27+,28+,29+,30+,31-/m0/s1. The second-order valence-corrected chi connectivity index (χ2v) is 12.4. The summed E-state index contributed by atoms with van der Waals surface area (Å²) in [7, 11) is 0. The Morgan fingerprint density at radius 3 is 2.63 bits per heavy atom. The molecule has 3 saturated heterocycles. The molecule has 0 aromatic rings. The predicted octanol–water partition coefficient (Wildman–Crippen LogP) is 2.64. The van der Waals surface area contributed by atoms with Crippen LogP contribution >= 0.6 is 0 Å². The van der Waals surface area contributed by atoms with Crippen molar-refractivity contribution in [2.45, 2.75) is 95.1 Å². The number of cyclic esters (lactones) is 1. The minimum absolute atomic E-state index is 0.0315. The maximum atomic E-state index is 13.4. The van der Waals surface area contributed by atoms with Crippen LogP contribution in [-0.4, -0.2) is 84.6 Å². The fraction of sp³-hybridized carbons (Fsp3) is 0.645. The number of hydrogen-bond donors (Lipinski definition) is 1. The fourth-order valence-electron chi connectivity index (χ4n) is 8.00. The molecule has 0 unspecified atom stereocenters. The molecule has 6 aliphatic rings. The molecule has 9 atom stereocenters. The zero-order valence-corrected chi connectivity index (χ0v) is 23.9. The van der Waals surface area contributed by atoms with Crippen molar-refractivity contribution in [1.29, 1.82) is 0 Å². The number of fused-ring (bicyclic) bond motifs is 2. The normalized spacial score (nSPS) is 47.0. The largest absolute Gasteiger partial charge is 0.462 e. The highest BCUT2D eigenvalue weighted by molar-refractivity contribution is 5.83. The Bertz CT molecular complexity index is 1260. The number of allylic oxidation sites excluding steroid dienone is 3. The first-order valence-electron chi connectivity index (χ1n) is 14.4. The van der Waals surface area contributed by atoms with Crippen molar-refractivity contribution in [2.75, 3.05) is 19.8 Å². The Morgan fingerprint density at radius 1 is 1.12 bits per heavy atom. The molecule has 1 saturated carbocycles. The number of epoxide rings is 1. The van der Waals surface area contributed by atoms with Crippen molar-refractivity contribution in [3.8, 4) is 0 Å². The van der Waals surface area contributed by atoms with Crippen LogP contribution in [0.4, 0.5) is 0 Å². The Kier molecular flexibility index (Phi) is 6.84. The minimum atomic E-state index is -1.48. The van der Waals surface area contributed by atoms with Crippen molar-refractivity contribution in [2.24, 2.45) is 10.8 Å². The lowest BCUT2D eigenvalue weighted by atomic mass is 9.51. The number of hydrogen-bond acceptors (Lipinski definition) is 10. The second-order valence-electron chi connectivity index (χ2n) is 12.4. The maximum Gasteiger partial charge on any atom is 0.331 e. The zero-order valence-electron chi connectivity index (χ0n) is 23.9. The van der Waals surface area contributed by atoms with Crippen LogP contribution in [0, 0.1) is 10.8 Å². The van der Waals surface area contributed by atoms with Gasteiger partial charge < -0.3 is 33.5 Å². The predicted molar refractivity (Wildman–Crippen MR) is 143 cm³/mol. The summed E-state index contributed by atoms with van der Waals surface area (Å²) in [6.07, 6.45) is 8.26. The summed E-state index contributed by atoms with van der Waals surface area (Å²) >= 11 is 0. The molecule has 0 aromatic carbocycles. The molecule has 0 radical (unpaired) electrons. The third-order valence-electron chi connectivity index (χ3n) is 10.5. The molecular formula is C31H38O10. The minimum Gasteiger partial charge on any atom is -0.462 e. The van der Waals surface area contributed by atoms with Crippen molar-refractivity contribution >= 4 is 17.9 Å². The van der Waals surface area contributed by atoms with E-state index in [1.807, 2.05) is 0 Å². The first-order chi connectivity index (χ1) is 19.5. The lowest BCUT2D eigenvalue weighted by Crippen LogP contribution is -2.66. The Hall–Kier alpha value is -2.79. The molecule has 41 heavy (non-hydrogen) atoms. The molecule has 0 amide bonds. The van der Waals surface area contributed by atoms with Crippen LogP contribution in [0.3, 0.4) is 0 Å². The van der Waals surface area contributed by atoms with Gasteiger partial charge in [0.25, 0.3) is 0 Å². The van der Waals surface area contributed by atoms with Crippen LogP contribution in [0.1, 0.15) is 53.4 Å². The van der Waals surface area contributed by atoms with Gasteiger partial charge in [-0.05, 0) is 44.8 Å². The summed E-state index contributed by atoms with van der Waals surface area (Å²) in [5.41, 5.74) is -1.86. The summed E-state index contributed by atoms with van der Waals surface area (Å²) in [5, 5.41) is 11.5. The van der Waals surface area contributed by atoms with E-state index in [1.54, 1.807) is 19.1 Å². The second kappa shape index (κ2) is 9.90. The summed E-state index contributed by atoms with van der Waals surface area (Å²) < 4.78 is 36.3. The summed E-state index contributed by atoms with van der Waals surface area (Å²) in [5.74, 6) is -1.68. The van der Waals surface area contributed by atoms with Crippen molar-refractivity contribution in [3.63, 3.8) is 0 Å². The number of esters is 3. The van der Waals surface area contributed by atoms with Crippen molar-refractivity contribution in [1.82, 2.24) is 0 Å². The molecular weight excluding hydrogens is 532 g/mol. The van der Waals surface area contributed by atoms with Crippen LogP contribution in [0.5, 0.6) is 0 Å². The Morgan fingerprint density at radius 2 is 1.90 bits per heavy atom. The first kappa shape index (κ1) is 28.3. The average molecular weight is 571 g/mol. The van der Waals surface area contributed by atoms with Crippen molar-refractivity contribution < 1.29 is 47.9 Å². The van der Waals surface area contributed by atoms with E-state index in [1.165, 1.54) is 30.7 Å². The van der Waals surface area contributed by atoms with Gasteiger partial charge in [0.1, 0.15) is 30.5 Å². The van der Waals surface area contributed by atoms with Gasteiger partial charge in [-0.1, -0.05) is 30.7 Å². The molecule has 0 aromatic heterocycles. The summed E-state index contributed by atoms with van der Waals surface area (Å²) in [4.78, 5) is 38.3. The number of ether oxygens (including phenoxy) is 6. The lowest BCUT2D eigenvalue weighted by Gasteiger charge is -2.58. The SMILES string of the molecule is CC(=O)O[C@@H](C)[C@@]12/C=C/C=C\C(=O)O[C@@H]3C[C@H]4O[C@@H]5C=C(C)CC[C@]5(COC(=O)/C=C(\CCO1)[C@H]2O)[C@]3(C)[C@]41CO1. The van der Waals surface area contributed by atoms with E-state index in [0.29, 0.717) is 25.0 Å². The first-order valence-corrected chi connectivity index (χ1v) is 14.4. The highest BCUT2D eigenvalue weighted by Gasteiger charge is 2.83. The quantitative estimate of drug-likeness (QED) is 0.229. The monoisotopic (exact) mass is 570 g/mol. The van der Waals surface area contributed by atoms with Crippen molar-refractivity contribution in [3.05, 3.63) is 47.6 Å². The van der Waals surface area contributed by atoms with E-state index in [0.717, 1.165) is 6.42 Å². The summed E-state index contributed by atoms with van der Waals surface area (Å²) in [6, 6.07) is 0. The highest BCUT2D eigenvalue weighted by Crippen LogP contribution is 2.72. The molecule has 4 heterocycles. The van der Waals surface area contributed by atoms with E-state index < -0.39 is 58.3 Å². The van der Waals surface area contributed by atoms with Crippen LogP contribution in [0.2, 0.25) is 0 Å². The van der Waals surface area contributed by atoms with Gasteiger partial charge in [-0.3, -0.25) is 4.79 Å². The van der Waals surface area contributed by atoms with E-state index in [9.17, 15) is 19.5 Å². The summed E-state index contributed by atoms with van der Waals surface area (Å²) in [6.45, 7) is 7.73. The third-order valence-corrected chi connectivity index (χ3v) is 10.5. The Labute approximate surface area is 239 Å². The van der Waals surface area contributed by atoms with Gasteiger partial charge in [-0.2, -0.15) is 0 Å². The van der Waals surface area contributed by atoms with Gasteiger partial charge in [-0.15, -0.1) is 0 Å². The van der Waals surface area contributed by atoms with E-state index >= 15 is 0 Å². The van der Waals surface area contributed by atoms with Crippen LogP contribution < -0.4 is 0 Å². The Balaban J connectivity index is 1.42. The number of carbonyl (C=O) groups is 3.